The number of rotatable bonds is 7. The Morgan fingerprint density at radius 2 is 2.25 bits per heavy atom. The Hall–Kier alpha value is -0.930. The van der Waals surface area contributed by atoms with Crippen molar-refractivity contribution in [2.75, 3.05) is 26.2 Å². The van der Waals surface area contributed by atoms with E-state index in [9.17, 15) is 0 Å². The van der Waals surface area contributed by atoms with E-state index in [1.165, 1.54) is 5.69 Å². The van der Waals surface area contributed by atoms with Gasteiger partial charge in [0, 0.05) is 31.4 Å². The van der Waals surface area contributed by atoms with Crippen LogP contribution in [0.4, 0.5) is 0 Å². The normalized spacial score (nSPS) is 13.0. The van der Waals surface area contributed by atoms with Gasteiger partial charge in [-0.25, -0.2) is 0 Å². The minimum absolute atomic E-state index is 0.573. The first-order chi connectivity index (χ1) is 7.76. The zero-order valence-electron chi connectivity index (χ0n) is 10.4. The SMILES string of the molecule is CCN(CCc1ccccn1)CC(C)CN. The predicted molar refractivity (Wildman–Crippen MR) is 68.3 cm³/mol. The second-order valence-corrected chi connectivity index (χ2v) is 4.31. The van der Waals surface area contributed by atoms with Gasteiger partial charge in [0.2, 0.25) is 0 Å². The molecule has 0 radical (unpaired) electrons. The molecule has 1 rings (SSSR count). The molecule has 0 saturated heterocycles. The molecular formula is C13H23N3. The highest BCUT2D eigenvalue weighted by molar-refractivity contribution is 5.03. The summed E-state index contributed by atoms with van der Waals surface area (Å²) in [5, 5.41) is 0. The van der Waals surface area contributed by atoms with Crippen molar-refractivity contribution in [1.29, 1.82) is 0 Å². The van der Waals surface area contributed by atoms with Crippen molar-refractivity contribution >= 4 is 0 Å². The van der Waals surface area contributed by atoms with E-state index >= 15 is 0 Å². The molecular weight excluding hydrogens is 198 g/mol. The molecule has 1 aromatic heterocycles. The largest absolute Gasteiger partial charge is 0.330 e. The second kappa shape index (κ2) is 7.36. The van der Waals surface area contributed by atoms with Crippen molar-refractivity contribution in [2.24, 2.45) is 11.7 Å². The van der Waals surface area contributed by atoms with Crippen molar-refractivity contribution in [3.05, 3.63) is 30.1 Å². The molecule has 3 heteroatoms. The maximum Gasteiger partial charge on any atom is 0.0416 e. The van der Waals surface area contributed by atoms with E-state index in [4.69, 9.17) is 5.73 Å². The molecule has 0 saturated carbocycles. The summed E-state index contributed by atoms with van der Waals surface area (Å²) >= 11 is 0. The summed E-state index contributed by atoms with van der Waals surface area (Å²) in [4.78, 5) is 6.77. The number of pyridine rings is 1. The maximum atomic E-state index is 5.64. The summed E-state index contributed by atoms with van der Waals surface area (Å²) in [6, 6.07) is 6.08. The lowest BCUT2D eigenvalue weighted by Crippen LogP contribution is -2.33. The van der Waals surface area contributed by atoms with Gasteiger partial charge in [0.25, 0.3) is 0 Å². The molecule has 1 aromatic rings. The number of hydrogen-bond acceptors (Lipinski definition) is 3. The highest BCUT2D eigenvalue weighted by Crippen LogP contribution is 2.01. The maximum absolute atomic E-state index is 5.64. The summed E-state index contributed by atoms with van der Waals surface area (Å²) in [6.45, 7) is 8.39. The molecule has 90 valence electrons. The quantitative estimate of drug-likeness (QED) is 0.759. The fourth-order valence-electron chi connectivity index (χ4n) is 1.71. The van der Waals surface area contributed by atoms with Crippen LogP contribution in [0.3, 0.4) is 0 Å². The lowest BCUT2D eigenvalue weighted by atomic mass is 10.1. The smallest absolute Gasteiger partial charge is 0.0416 e. The predicted octanol–water partition coefficient (Wildman–Crippen LogP) is 1.54. The van der Waals surface area contributed by atoms with Crippen LogP contribution < -0.4 is 5.73 Å². The summed E-state index contributed by atoms with van der Waals surface area (Å²) in [5.41, 5.74) is 6.81. The van der Waals surface area contributed by atoms with E-state index in [0.717, 1.165) is 32.6 Å². The first kappa shape index (κ1) is 13.1. The van der Waals surface area contributed by atoms with E-state index in [0.29, 0.717) is 5.92 Å². The van der Waals surface area contributed by atoms with Crippen LogP contribution in [0.1, 0.15) is 19.5 Å². The van der Waals surface area contributed by atoms with Crippen LogP contribution in [0.15, 0.2) is 24.4 Å². The summed E-state index contributed by atoms with van der Waals surface area (Å²) in [7, 11) is 0. The van der Waals surface area contributed by atoms with Crippen LogP contribution >= 0.6 is 0 Å². The molecule has 0 aliphatic rings. The Morgan fingerprint density at radius 1 is 1.44 bits per heavy atom. The molecule has 0 fully saturated rings. The molecule has 0 aliphatic heterocycles. The third kappa shape index (κ3) is 4.73. The molecule has 2 N–H and O–H groups in total. The molecule has 3 nitrogen and oxygen atoms in total. The van der Waals surface area contributed by atoms with Gasteiger partial charge in [-0.2, -0.15) is 0 Å². The van der Waals surface area contributed by atoms with E-state index in [1.54, 1.807) is 0 Å². The Morgan fingerprint density at radius 3 is 2.81 bits per heavy atom. The molecule has 1 unspecified atom stereocenters. The fourth-order valence-corrected chi connectivity index (χ4v) is 1.71. The van der Waals surface area contributed by atoms with Crippen molar-refractivity contribution in [3.63, 3.8) is 0 Å². The monoisotopic (exact) mass is 221 g/mol. The third-order valence-corrected chi connectivity index (χ3v) is 2.83. The van der Waals surface area contributed by atoms with Crippen molar-refractivity contribution in [2.45, 2.75) is 20.3 Å². The molecule has 0 bridgehead atoms. The Balaban J connectivity index is 2.34. The third-order valence-electron chi connectivity index (χ3n) is 2.83. The van der Waals surface area contributed by atoms with Crippen LogP contribution in [0.2, 0.25) is 0 Å². The molecule has 0 spiro atoms. The standard InChI is InChI=1S/C13H23N3/c1-3-16(11-12(2)10-14)9-7-13-6-4-5-8-15-13/h4-6,8,12H,3,7,9-11,14H2,1-2H3. The highest BCUT2D eigenvalue weighted by Gasteiger charge is 2.07. The van der Waals surface area contributed by atoms with Gasteiger partial charge in [0.15, 0.2) is 0 Å². The molecule has 16 heavy (non-hydrogen) atoms. The molecule has 0 aromatic carbocycles. The Kier molecular flexibility index (Phi) is 6.04. The van der Waals surface area contributed by atoms with E-state index in [-0.39, 0.29) is 0 Å². The topological polar surface area (TPSA) is 42.2 Å². The zero-order chi connectivity index (χ0) is 11.8. The van der Waals surface area contributed by atoms with E-state index in [2.05, 4.69) is 29.8 Å². The van der Waals surface area contributed by atoms with Crippen LogP contribution in [-0.4, -0.2) is 36.1 Å². The summed E-state index contributed by atoms with van der Waals surface area (Å²) in [5.74, 6) is 0.573. The number of nitrogens with two attached hydrogens (primary N) is 1. The van der Waals surface area contributed by atoms with Gasteiger partial charge in [-0.1, -0.05) is 19.9 Å². The van der Waals surface area contributed by atoms with Crippen LogP contribution in [0.25, 0.3) is 0 Å². The van der Waals surface area contributed by atoms with Gasteiger partial charge < -0.3 is 10.6 Å². The van der Waals surface area contributed by atoms with Crippen LogP contribution in [0, 0.1) is 5.92 Å². The number of likely N-dealkylation sites (N-methyl/N-ethyl adjacent to an activating group) is 1. The van der Waals surface area contributed by atoms with Gasteiger partial charge in [0.1, 0.15) is 0 Å². The Bertz CT molecular complexity index is 274. The number of aromatic nitrogens is 1. The average molecular weight is 221 g/mol. The molecule has 1 heterocycles. The van der Waals surface area contributed by atoms with Crippen LogP contribution in [-0.2, 0) is 6.42 Å². The first-order valence-corrected chi connectivity index (χ1v) is 6.08. The van der Waals surface area contributed by atoms with Gasteiger partial charge in [-0.3, -0.25) is 4.98 Å². The van der Waals surface area contributed by atoms with E-state index < -0.39 is 0 Å². The van der Waals surface area contributed by atoms with Crippen LogP contribution in [0.5, 0.6) is 0 Å². The minimum Gasteiger partial charge on any atom is -0.330 e. The average Bonchev–Trinajstić information content (AvgIpc) is 2.35. The zero-order valence-corrected chi connectivity index (χ0v) is 10.4. The van der Waals surface area contributed by atoms with Crippen molar-refractivity contribution < 1.29 is 0 Å². The minimum atomic E-state index is 0.573. The number of nitrogens with zero attached hydrogens (tertiary/aromatic N) is 2. The van der Waals surface area contributed by atoms with Crippen molar-refractivity contribution in [1.82, 2.24) is 9.88 Å². The Labute approximate surface area is 98.7 Å². The van der Waals surface area contributed by atoms with Gasteiger partial charge in [-0.15, -0.1) is 0 Å². The van der Waals surface area contributed by atoms with E-state index in [1.807, 2.05) is 18.3 Å². The van der Waals surface area contributed by atoms with Gasteiger partial charge in [0.05, 0.1) is 0 Å². The van der Waals surface area contributed by atoms with Gasteiger partial charge >= 0.3 is 0 Å². The fraction of sp³-hybridized carbons (Fsp3) is 0.615. The second-order valence-electron chi connectivity index (χ2n) is 4.31. The lowest BCUT2D eigenvalue weighted by molar-refractivity contribution is 0.253. The van der Waals surface area contributed by atoms with Crippen molar-refractivity contribution in [3.8, 4) is 0 Å². The lowest BCUT2D eigenvalue weighted by Gasteiger charge is -2.23. The highest BCUT2D eigenvalue weighted by atomic mass is 15.1. The summed E-state index contributed by atoms with van der Waals surface area (Å²) < 4.78 is 0. The summed E-state index contributed by atoms with van der Waals surface area (Å²) in [6.07, 6.45) is 2.88. The molecule has 1 atom stereocenters. The van der Waals surface area contributed by atoms with Gasteiger partial charge in [-0.05, 0) is 31.1 Å². The molecule has 0 amide bonds. The number of hydrogen-bond donors (Lipinski definition) is 1. The first-order valence-electron chi connectivity index (χ1n) is 6.08. The molecule has 0 aliphatic carbocycles.